The minimum absolute atomic E-state index is 0.119. The number of carbonyl (C=O) groups excluding carboxylic acids is 2. The third-order valence-corrected chi connectivity index (χ3v) is 3.05. The highest BCUT2D eigenvalue weighted by atomic mass is 16.6. The summed E-state index contributed by atoms with van der Waals surface area (Å²) >= 11 is 0. The van der Waals surface area contributed by atoms with Crippen molar-refractivity contribution in [1.82, 2.24) is 0 Å². The van der Waals surface area contributed by atoms with Crippen molar-refractivity contribution in [1.29, 1.82) is 0 Å². The van der Waals surface area contributed by atoms with Crippen LogP contribution >= 0.6 is 0 Å². The van der Waals surface area contributed by atoms with Gasteiger partial charge in [-0.05, 0) is 24.6 Å². The summed E-state index contributed by atoms with van der Waals surface area (Å²) in [5.41, 5.74) is 6.25. The third-order valence-electron chi connectivity index (χ3n) is 3.05. The van der Waals surface area contributed by atoms with Crippen LogP contribution in [0.1, 0.15) is 23.2 Å². The van der Waals surface area contributed by atoms with Crippen LogP contribution in [-0.4, -0.2) is 38.1 Å². The van der Waals surface area contributed by atoms with E-state index in [4.69, 9.17) is 15.2 Å². The lowest BCUT2D eigenvalue weighted by atomic mass is 10.0. The van der Waals surface area contributed by atoms with Crippen molar-refractivity contribution >= 4 is 11.8 Å². The second-order valence-corrected chi connectivity index (χ2v) is 4.44. The van der Waals surface area contributed by atoms with Gasteiger partial charge in [0.05, 0.1) is 13.2 Å². The first kappa shape index (κ1) is 14.3. The summed E-state index contributed by atoms with van der Waals surface area (Å²) in [6, 6.07) is 4.22. The average Bonchev–Trinajstić information content (AvgIpc) is 2.50. The van der Waals surface area contributed by atoms with E-state index in [1.165, 1.54) is 7.11 Å². The Morgan fingerprint density at radius 3 is 2.70 bits per heavy atom. The first-order valence-electron chi connectivity index (χ1n) is 6.38. The van der Waals surface area contributed by atoms with Crippen molar-refractivity contribution in [3.8, 4) is 11.5 Å². The van der Waals surface area contributed by atoms with Crippen molar-refractivity contribution in [2.75, 3.05) is 20.3 Å². The fourth-order valence-electron chi connectivity index (χ4n) is 1.92. The van der Waals surface area contributed by atoms with Crippen LogP contribution in [0.4, 0.5) is 0 Å². The maximum Gasteiger partial charge on any atom is 0.305 e. The summed E-state index contributed by atoms with van der Waals surface area (Å²) < 4.78 is 15.3. The van der Waals surface area contributed by atoms with E-state index in [2.05, 4.69) is 4.74 Å². The van der Waals surface area contributed by atoms with Crippen molar-refractivity contribution < 1.29 is 23.8 Å². The molecule has 0 spiro atoms. The lowest BCUT2D eigenvalue weighted by molar-refractivity contribution is -0.140. The molecule has 0 bridgehead atoms. The van der Waals surface area contributed by atoms with Gasteiger partial charge in [-0.1, -0.05) is 0 Å². The predicted octanol–water partition coefficient (Wildman–Crippen LogP) is 0.921. The Labute approximate surface area is 116 Å². The van der Waals surface area contributed by atoms with Gasteiger partial charge in [-0.2, -0.15) is 0 Å². The number of nitrogens with two attached hydrogens (primary N) is 1. The molecule has 1 heterocycles. The number of rotatable bonds is 5. The van der Waals surface area contributed by atoms with Crippen molar-refractivity contribution in [2.24, 2.45) is 5.73 Å². The van der Waals surface area contributed by atoms with Gasteiger partial charge < -0.3 is 19.9 Å². The molecule has 1 atom stereocenters. The molecule has 0 saturated carbocycles. The average molecular weight is 279 g/mol. The Morgan fingerprint density at radius 1 is 1.30 bits per heavy atom. The summed E-state index contributed by atoms with van der Waals surface area (Å²) in [5.74, 6) is 0.555. The third kappa shape index (κ3) is 3.27. The number of esters is 1. The second kappa shape index (κ2) is 6.38. The molecule has 2 rings (SSSR count). The summed E-state index contributed by atoms with van der Waals surface area (Å²) in [4.78, 5) is 23.2. The van der Waals surface area contributed by atoms with Crippen LogP contribution in [0.3, 0.4) is 0 Å². The van der Waals surface area contributed by atoms with Crippen LogP contribution in [0, 0.1) is 0 Å². The number of hydrogen-bond acceptors (Lipinski definition) is 6. The van der Waals surface area contributed by atoms with E-state index in [-0.39, 0.29) is 24.6 Å². The largest absolute Gasteiger partial charge is 0.486 e. The number of Topliss-reactive ketones (excluding diaryl/α,β-unsaturated/α-hetero) is 1. The molecule has 0 aromatic heterocycles. The molecule has 108 valence electrons. The van der Waals surface area contributed by atoms with Gasteiger partial charge in [-0.25, -0.2) is 0 Å². The summed E-state index contributed by atoms with van der Waals surface area (Å²) in [6.07, 6.45) is 0.369. The van der Waals surface area contributed by atoms with Crippen LogP contribution in [0.5, 0.6) is 11.5 Å². The zero-order chi connectivity index (χ0) is 14.5. The van der Waals surface area contributed by atoms with E-state index in [9.17, 15) is 9.59 Å². The van der Waals surface area contributed by atoms with Gasteiger partial charge >= 0.3 is 5.97 Å². The molecule has 1 aliphatic heterocycles. The Hall–Kier alpha value is -2.08. The molecule has 0 fully saturated rings. The molecule has 0 saturated heterocycles. The van der Waals surface area contributed by atoms with Crippen molar-refractivity contribution in [3.05, 3.63) is 23.8 Å². The first-order valence-corrected chi connectivity index (χ1v) is 6.38. The molecule has 0 aliphatic carbocycles. The molecule has 0 amide bonds. The molecular formula is C14H17NO5. The lowest BCUT2D eigenvalue weighted by Gasteiger charge is -2.19. The molecule has 6 heteroatoms. The lowest BCUT2D eigenvalue weighted by Crippen LogP contribution is -2.31. The van der Waals surface area contributed by atoms with Crippen LogP contribution < -0.4 is 15.2 Å². The Morgan fingerprint density at radius 2 is 2.00 bits per heavy atom. The monoisotopic (exact) mass is 279 g/mol. The predicted molar refractivity (Wildman–Crippen MR) is 71.0 cm³/mol. The van der Waals surface area contributed by atoms with E-state index in [1.807, 2.05) is 0 Å². The standard InChI is InChI=1S/C14H17NO5/c1-18-13(16)5-3-10(15)14(17)9-2-4-11-12(8-9)20-7-6-19-11/h2,4,8,10H,3,5-7,15H2,1H3. The Balaban J connectivity index is 2.03. The Kier molecular flexibility index (Phi) is 4.57. The summed E-state index contributed by atoms with van der Waals surface area (Å²) in [5, 5.41) is 0. The van der Waals surface area contributed by atoms with Crippen LogP contribution in [0.2, 0.25) is 0 Å². The first-order chi connectivity index (χ1) is 9.61. The highest BCUT2D eigenvalue weighted by molar-refractivity contribution is 6.00. The number of carbonyl (C=O) groups is 2. The van der Waals surface area contributed by atoms with Crippen LogP contribution in [-0.2, 0) is 9.53 Å². The minimum Gasteiger partial charge on any atom is -0.486 e. The minimum atomic E-state index is -0.739. The Bertz CT molecular complexity index is 514. The van der Waals surface area contributed by atoms with Gasteiger partial charge in [0.2, 0.25) is 0 Å². The van der Waals surface area contributed by atoms with E-state index < -0.39 is 6.04 Å². The summed E-state index contributed by atoms with van der Waals surface area (Å²) in [6.45, 7) is 0.956. The zero-order valence-corrected chi connectivity index (χ0v) is 11.3. The van der Waals surface area contributed by atoms with Crippen LogP contribution in [0.15, 0.2) is 18.2 Å². The van der Waals surface area contributed by atoms with Gasteiger partial charge in [0, 0.05) is 12.0 Å². The number of fused-ring (bicyclic) bond motifs is 1. The number of benzene rings is 1. The number of ether oxygens (including phenoxy) is 3. The fraction of sp³-hybridized carbons (Fsp3) is 0.429. The number of ketones is 1. The van der Waals surface area contributed by atoms with E-state index >= 15 is 0 Å². The van der Waals surface area contributed by atoms with E-state index in [0.29, 0.717) is 30.3 Å². The van der Waals surface area contributed by atoms with E-state index in [1.54, 1.807) is 18.2 Å². The SMILES string of the molecule is COC(=O)CCC(N)C(=O)c1ccc2c(c1)OCCO2. The molecule has 6 nitrogen and oxygen atoms in total. The van der Waals surface area contributed by atoms with Gasteiger partial charge in [-0.15, -0.1) is 0 Å². The molecule has 1 aromatic carbocycles. The highest BCUT2D eigenvalue weighted by Crippen LogP contribution is 2.31. The van der Waals surface area contributed by atoms with Crippen LogP contribution in [0.25, 0.3) is 0 Å². The maximum atomic E-state index is 12.2. The second-order valence-electron chi connectivity index (χ2n) is 4.44. The molecular weight excluding hydrogens is 262 g/mol. The smallest absolute Gasteiger partial charge is 0.305 e. The highest BCUT2D eigenvalue weighted by Gasteiger charge is 2.20. The number of hydrogen-bond donors (Lipinski definition) is 1. The molecule has 1 unspecified atom stereocenters. The molecule has 1 aliphatic rings. The zero-order valence-electron chi connectivity index (χ0n) is 11.3. The van der Waals surface area contributed by atoms with Gasteiger partial charge in [0.1, 0.15) is 13.2 Å². The number of methoxy groups -OCH3 is 1. The fourth-order valence-corrected chi connectivity index (χ4v) is 1.92. The van der Waals surface area contributed by atoms with Gasteiger partial charge in [-0.3, -0.25) is 9.59 Å². The normalized spacial score (nSPS) is 14.5. The van der Waals surface area contributed by atoms with E-state index in [0.717, 1.165) is 0 Å². The van der Waals surface area contributed by atoms with Crippen molar-refractivity contribution in [3.63, 3.8) is 0 Å². The topological polar surface area (TPSA) is 87.9 Å². The quantitative estimate of drug-likeness (QED) is 0.637. The molecule has 1 aromatic rings. The van der Waals surface area contributed by atoms with Gasteiger partial charge in [0.15, 0.2) is 17.3 Å². The van der Waals surface area contributed by atoms with Crippen molar-refractivity contribution in [2.45, 2.75) is 18.9 Å². The molecule has 0 radical (unpaired) electrons. The summed E-state index contributed by atoms with van der Waals surface area (Å²) in [7, 11) is 1.30. The molecule has 20 heavy (non-hydrogen) atoms. The molecule has 2 N–H and O–H groups in total. The van der Waals surface area contributed by atoms with Gasteiger partial charge in [0.25, 0.3) is 0 Å². The maximum absolute atomic E-state index is 12.2.